The van der Waals surface area contributed by atoms with Crippen molar-refractivity contribution < 1.29 is 123 Å². The molecule has 0 bridgehead atoms. The highest BCUT2D eigenvalue weighted by molar-refractivity contribution is 7.44. The third kappa shape index (κ3) is 35.2. The number of ether oxygens (including phenoxy) is 20. The Bertz CT molecular complexity index is 4130. The van der Waals surface area contributed by atoms with E-state index in [1.165, 1.54) is 20.2 Å². The molecule has 127 heavy (non-hydrogen) atoms. The van der Waals surface area contributed by atoms with Gasteiger partial charge in [-0.15, -0.1) is 5.10 Å². The second-order valence-corrected chi connectivity index (χ2v) is 32.1. The molecule has 0 aliphatic carbocycles. The second-order valence-electron chi connectivity index (χ2n) is 30.7. The van der Waals surface area contributed by atoms with Crippen molar-refractivity contribution in [2.75, 3.05) is 198 Å². The molecule has 0 spiro atoms. The molecule has 0 saturated carbocycles. The maximum Gasteiger partial charge on any atom is 0.303 e. The first-order valence-corrected chi connectivity index (χ1v) is 44.7. The van der Waals surface area contributed by atoms with Crippen LogP contribution in [-0.4, -0.2) is 304 Å². The zero-order valence-electron chi connectivity index (χ0n) is 75.5. The molecule has 2 aliphatic rings. The number of imidazole rings is 1. The fourth-order valence-electron chi connectivity index (χ4n) is 13.7. The average Bonchev–Trinajstić information content (AvgIpc) is 1.54. The molecule has 39 heteroatoms. The van der Waals surface area contributed by atoms with Crippen molar-refractivity contribution in [3.05, 3.63) is 124 Å². The number of rotatable bonds is 67. The number of nitrogens with zero attached hydrogens (tertiary/aromatic N) is 8. The van der Waals surface area contributed by atoms with Gasteiger partial charge >= 0.3 is 11.9 Å². The van der Waals surface area contributed by atoms with Crippen molar-refractivity contribution in [3.63, 3.8) is 0 Å². The third-order valence-electron chi connectivity index (χ3n) is 20.3. The van der Waals surface area contributed by atoms with Gasteiger partial charge in [0.1, 0.15) is 59.9 Å². The van der Waals surface area contributed by atoms with Crippen LogP contribution in [0.25, 0.3) is 11.2 Å². The van der Waals surface area contributed by atoms with E-state index in [0.717, 1.165) is 16.7 Å². The summed E-state index contributed by atoms with van der Waals surface area (Å²) in [7, 11) is 1.24. The highest BCUT2D eigenvalue weighted by atomic mass is 31.2. The molecule has 6 unspecified atom stereocenters. The predicted molar refractivity (Wildman–Crippen MR) is 463 cm³/mol. The van der Waals surface area contributed by atoms with Gasteiger partial charge in [0.05, 0.1) is 211 Å². The summed E-state index contributed by atoms with van der Waals surface area (Å²) in [6.45, 7) is 27.8. The maximum absolute atomic E-state index is 13.9. The Morgan fingerprint density at radius 2 is 1.13 bits per heavy atom. The molecule has 8 rings (SSSR count). The Labute approximate surface area is 744 Å². The summed E-state index contributed by atoms with van der Waals surface area (Å²) < 4.78 is 137. The van der Waals surface area contributed by atoms with E-state index in [1.54, 1.807) is 43.5 Å². The number of nitriles is 1. The fourth-order valence-corrected chi connectivity index (χ4v) is 15.5. The molecule has 38 nitrogen and oxygen atoms in total. The number of methoxy groups -OCH3 is 2. The van der Waals surface area contributed by atoms with Gasteiger partial charge in [-0.3, -0.25) is 38.8 Å². The van der Waals surface area contributed by atoms with E-state index in [4.69, 9.17) is 109 Å². The van der Waals surface area contributed by atoms with Gasteiger partial charge in [-0.2, -0.15) is 10.2 Å². The van der Waals surface area contributed by atoms with Gasteiger partial charge in [-0.1, -0.05) is 87.5 Å². The molecule has 3 aromatic heterocycles. The fraction of sp³-hybridized carbons (Fsp3) is 0.659. The maximum atomic E-state index is 13.9. The molecule has 2 saturated heterocycles. The molecule has 3 N–H and O–H groups in total. The number of benzene rings is 3. The van der Waals surface area contributed by atoms with Gasteiger partial charge in [0.15, 0.2) is 23.7 Å². The van der Waals surface area contributed by atoms with Crippen molar-refractivity contribution in [1.29, 1.82) is 5.26 Å². The number of esters is 2. The van der Waals surface area contributed by atoms with Crippen LogP contribution in [0.15, 0.2) is 96.2 Å². The zero-order valence-corrected chi connectivity index (χ0v) is 76.4. The number of unbranched alkanes of at least 4 members (excludes halogenated alkanes) is 1. The van der Waals surface area contributed by atoms with E-state index >= 15 is 0 Å². The zero-order chi connectivity index (χ0) is 91.0. The number of H-pyrrole nitrogens is 1. The Morgan fingerprint density at radius 1 is 0.606 bits per heavy atom. The number of amides is 2. The molecular weight excluding hydrogens is 1670 g/mol. The first-order chi connectivity index (χ1) is 61.6. The first-order valence-electron chi connectivity index (χ1n) is 43.5. The van der Waals surface area contributed by atoms with E-state index in [0.29, 0.717) is 202 Å². The van der Waals surface area contributed by atoms with Gasteiger partial charge in [0.2, 0.25) is 17.8 Å². The Kier molecular flexibility index (Phi) is 47.9. The number of aromatic amines is 1. The number of nitrogens with one attached hydrogen (secondary N) is 3. The van der Waals surface area contributed by atoms with E-state index in [1.807, 2.05) is 120 Å². The van der Waals surface area contributed by atoms with Crippen LogP contribution in [-0.2, 0) is 132 Å². The van der Waals surface area contributed by atoms with Gasteiger partial charge in [0.25, 0.3) is 14.1 Å². The third-order valence-corrected chi connectivity index (χ3v) is 22.4. The van der Waals surface area contributed by atoms with Gasteiger partial charge in [-0.25, -0.2) is 14.3 Å². The van der Waals surface area contributed by atoms with Crippen molar-refractivity contribution in [2.24, 2.45) is 17.8 Å². The largest absolute Gasteiger partial charge is 0.497 e. The normalized spacial score (nSPS) is 18.6. The van der Waals surface area contributed by atoms with Gasteiger partial charge in [0, 0.05) is 63.3 Å². The molecule has 2 aliphatic heterocycles. The molecule has 5 heterocycles. The lowest BCUT2D eigenvalue weighted by molar-refractivity contribution is -0.273. The monoisotopic (exact) mass is 1810 g/mol. The van der Waals surface area contributed by atoms with Gasteiger partial charge in [-0.05, 0) is 81.5 Å². The summed E-state index contributed by atoms with van der Waals surface area (Å²) in [5.74, 6) is -0.755. The highest BCUT2D eigenvalue weighted by Crippen LogP contribution is 2.52. The number of fused-ring (bicyclic) bond motifs is 1. The minimum absolute atomic E-state index is 0.0253. The molecule has 2 amide bonds. The highest BCUT2D eigenvalue weighted by Gasteiger charge is 2.52. The number of hydrogen-bond donors (Lipinski definition) is 3. The van der Waals surface area contributed by atoms with E-state index in [-0.39, 0.29) is 85.7 Å². The van der Waals surface area contributed by atoms with Crippen LogP contribution < -0.4 is 25.7 Å². The molecule has 0 radical (unpaired) electrons. The number of aromatic nitrogens is 7. The minimum atomic E-state index is -1.98. The van der Waals surface area contributed by atoms with Crippen molar-refractivity contribution in [3.8, 4) is 17.6 Å². The smallest absolute Gasteiger partial charge is 0.303 e. The molecule has 706 valence electrons. The number of carbonyl (C=O) groups excluding carboxylic acids is 4. The standard InChI is InChI=1S/C88H132N11O27P/c1-62(2)83(103)93-87-92-82-78(84(104)94-87)91-61-98(82)85-81(80(126-127(122-34-18-30-89)99(63(3)4)64(5)6)76(124-85)60-121-88(69-19-14-13-15-20-69,70-22-26-73(105-11)27-23-70)71-24-28-74(106-12)29-25-71)120-58-72-57-97(96-95-72)32-36-108-38-40-110-42-44-112-46-48-114-50-52-116-54-56-117-55-53-115-51-49-113-47-45-111-43-41-109-39-37-107-35-31-90-77(102)21-16-17-33-118-86-66(8)65(7)79(123-68(10)101)75(125-86)59-119-67(9)100/h13-15,19-20,22-29,57,61-66,75-76,79-81,85-86H,16-18,21,31-56,58-60H2,1-12H3,(H,90,102)(H2,92,93,94,103,104)/t65?,66?,75?,76-,79?,80-,81-,85-,86?,127?/m1/s1. The summed E-state index contributed by atoms with van der Waals surface area (Å²) in [6.07, 6.45) is -1.12. The van der Waals surface area contributed by atoms with Crippen LogP contribution in [0, 0.1) is 29.1 Å². The lowest BCUT2D eigenvalue weighted by Crippen LogP contribution is -2.53. The first kappa shape index (κ1) is 104. The lowest BCUT2D eigenvalue weighted by Gasteiger charge is -2.43. The molecule has 3 aromatic carbocycles. The Hall–Kier alpha value is -8.21. The molecular formula is C88H132N11O27P. The molecule has 2 fully saturated rings. The summed E-state index contributed by atoms with van der Waals surface area (Å²) >= 11 is 0. The van der Waals surface area contributed by atoms with E-state index in [9.17, 15) is 29.2 Å². The average molecular weight is 1810 g/mol. The van der Waals surface area contributed by atoms with Crippen LogP contribution in [0.4, 0.5) is 5.95 Å². The Morgan fingerprint density at radius 3 is 1.63 bits per heavy atom. The topological polar surface area (TPSA) is 417 Å². The summed E-state index contributed by atoms with van der Waals surface area (Å²) in [5.41, 5.74) is 0.938. The lowest BCUT2D eigenvalue weighted by atomic mass is 9.80. The van der Waals surface area contributed by atoms with Crippen molar-refractivity contribution in [1.82, 2.24) is 44.5 Å². The number of carbonyl (C=O) groups is 4. The summed E-state index contributed by atoms with van der Waals surface area (Å²) in [5, 5.41) is 24.3. The van der Waals surface area contributed by atoms with Crippen LogP contribution in [0.2, 0.25) is 0 Å². The predicted octanol–water partition coefficient (Wildman–Crippen LogP) is 8.45. The van der Waals surface area contributed by atoms with Crippen LogP contribution in [0.3, 0.4) is 0 Å². The van der Waals surface area contributed by atoms with Crippen LogP contribution >= 0.6 is 8.53 Å². The van der Waals surface area contributed by atoms with Crippen LogP contribution in [0.5, 0.6) is 11.5 Å². The molecule has 10 atom stereocenters. The van der Waals surface area contributed by atoms with Gasteiger partial charge < -0.3 is 109 Å². The Balaban J connectivity index is 0.673. The quantitative estimate of drug-likeness (QED) is 0.0139. The summed E-state index contributed by atoms with van der Waals surface area (Å²) in [6, 6.07) is 27.2. The van der Waals surface area contributed by atoms with Crippen molar-refractivity contribution in [2.45, 2.75) is 169 Å². The van der Waals surface area contributed by atoms with E-state index < -0.39 is 80.6 Å². The SMILES string of the molecule is COc1ccc(C(OC[C@H]2O[C@@H](n3cnc4c(=O)[nH]c(NC(=O)C(C)C)nc43)[C@H](OCc3cn(CCOCCOCCOCCOCCOCCOCCOCCOCCOCCOCCOCCNC(=O)CCCCOC4OC(COC(C)=O)C(OC(C)=O)C(C)C4C)nn3)[C@@H]2OP(OCCC#N)N(C(C)C)C(C)C)(c2ccccc2)c2ccc(OC)cc2)cc1. The number of hydrogen-bond acceptors (Lipinski definition) is 33. The summed E-state index contributed by atoms with van der Waals surface area (Å²) in [4.78, 5) is 74.3. The minimum Gasteiger partial charge on any atom is -0.497 e. The van der Waals surface area contributed by atoms with Crippen LogP contribution in [0.1, 0.15) is 124 Å². The molecule has 6 aromatic rings. The van der Waals surface area contributed by atoms with Crippen molar-refractivity contribution >= 4 is 49.4 Å². The van der Waals surface area contributed by atoms with E-state index in [2.05, 4.69) is 41.7 Å². The second kappa shape index (κ2) is 58.5. The number of anilines is 1.